The van der Waals surface area contributed by atoms with Crippen molar-refractivity contribution >= 4 is 17.5 Å². The number of carbonyl (C=O) groups is 2. The van der Waals surface area contributed by atoms with Crippen molar-refractivity contribution in [3.8, 4) is 6.07 Å². The summed E-state index contributed by atoms with van der Waals surface area (Å²) < 4.78 is 13.5. The van der Waals surface area contributed by atoms with Crippen LogP contribution in [0, 0.1) is 29.0 Å². The molecule has 2 N–H and O–H groups in total. The van der Waals surface area contributed by atoms with Crippen LogP contribution in [0.1, 0.15) is 17.5 Å². The van der Waals surface area contributed by atoms with E-state index in [1.54, 1.807) is 42.5 Å². The fourth-order valence-corrected chi connectivity index (χ4v) is 2.84. The highest BCUT2D eigenvalue weighted by Crippen LogP contribution is 2.39. The predicted octanol–water partition coefficient (Wildman–Crippen LogP) is 2.63. The topological polar surface area (TPSA) is 82.0 Å². The van der Waals surface area contributed by atoms with Gasteiger partial charge in [0, 0.05) is 6.54 Å². The molecule has 0 bridgehead atoms. The maximum Gasteiger partial charge on any atom is 0.228 e. The lowest BCUT2D eigenvalue weighted by Gasteiger charge is -2.07. The first-order valence-electron chi connectivity index (χ1n) is 8.41. The van der Waals surface area contributed by atoms with Gasteiger partial charge in [-0.2, -0.15) is 5.26 Å². The predicted molar refractivity (Wildman–Crippen MR) is 94.5 cm³/mol. The van der Waals surface area contributed by atoms with Crippen molar-refractivity contribution in [2.75, 3.05) is 11.9 Å². The molecule has 1 saturated carbocycles. The Bertz CT molecular complexity index is 875. The summed E-state index contributed by atoms with van der Waals surface area (Å²) in [5, 5.41) is 14.5. The third-order valence-electron chi connectivity index (χ3n) is 4.42. The Balaban J connectivity index is 1.47. The Labute approximate surface area is 150 Å². The van der Waals surface area contributed by atoms with Gasteiger partial charge < -0.3 is 10.6 Å². The molecule has 5 nitrogen and oxygen atoms in total. The minimum atomic E-state index is -0.393. The fourth-order valence-electron chi connectivity index (χ4n) is 2.84. The van der Waals surface area contributed by atoms with E-state index in [-0.39, 0.29) is 23.5 Å². The lowest BCUT2D eigenvalue weighted by atomic mass is 10.1. The minimum Gasteiger partial charge on any atom is -0.356 e. The van der Waals surface area contributed by atoms with E-state index in [2.05, 4.69) is 10.6 Å². The second kappa shape index (κ2) is 7.79. The molecule has 3 rings (SSSR count). The van der Waals surface area contributed by atoms with E-state index >= 15 is 0 Å². The molecule has 2 aromatic rings. The highest BCUT2D eigenvalue weighted by Gasteiger charge is 2.47. The molecule has 26 heavy (non-hydrogen) atoms. The van der Waals surface area contributed by atoms with E-state index in [9.17, 15) is 14.0 Å². The van der Waals surface area contributed by atoms with Crippen LogP contribution in [0.25, 0.3) is 0 Å². The first-order valence-corrected chi connectivity index (χ1v) is 8.41. The molecule has 132 valence electrons. The summed E-state index contributed by atoms with van der Waals surface area (Å²) in [7, 11) is 0. The van der Waals surface area contributed by atoms with Crippen molar-refractivity contribution in [2.45, 2.75) is 12.8 Å². The third kappa shape index (κ3) is 4.06. The van der Waals surface area contributed by atoms with Crippen molar-refractivity contribution in [1.29, 1.82) is 5.26 Å². The van der Waals surface area contributed by atoms with E-state index in [4.69, 9.17) is 5.26 Å². The van der Waals surface area contributed by atoms with Crippen molar-refractivity contribution in [3.05, 3.63) is 65.5 Å². The van der Waals surface area contributed by atoms with E-state index in [0.717, 1.165) is 0 Å². The van der Waals surface area contributed by atoms with E-state index in [1.165, 1.54) is 6.07 Å². The monoisotopic (exact) mass is 351 g/mol. The third-order valence-corrected chi connectivity index (χ3v) is 4.42. The SMILES string of the molecule is N#Cc1ccccc1NC(=O)C1CC1C(=O)NCCc1ccccc1F. The fraction of sp³-hybridized carbons (Fsp3) is 0.250. The number of anilines is 1. The van der Waals surface area contributed by atoms with E-state index in [1.807, 2.05) is 6.07 Å². The van der Waals surface area contributed by atoms with Crippen LogP contribution in [0.3, 0.4) is 0 Å². The van der Waals surface area contributed by atoms with Crippen LogP contribution in [-0.4, -0.2) is 18.4 Å². The van der Waals surface area contributed by atoms with Crippen molar-refractivity contribution in [3.63, 3.8) is 0 Å². The number of halogens is 1. The molecule has 1 aliphatic rings. The van der Waals surface area contributed by atoms with Crippen molar-refractivity contribution < 1.29 is 14.0 Å². The molecule has 1 fully saturated rings. The summed E-state index contributed by atoms with van der Waals surface area (Å²) in [4.78, 5) is 24.4. The quantitative estimate of drug-likeness (QED) is 0.839. The second-order valence-electron chi connectivity index (χ2n) is 6.23. The van der Waals surface area contributed by atoms with Gasteiger partial charge >= 0.3 is 0 Å². The number of hydrogen-bond acceptors (Lipinski definition) is 3. The van der Waals surface area contributed by atoms with Gasteiger partial charge in [0.05, 0.1) is 23.1 Å². The molecule has 0 heterocycles. The van der Waals surface area contributed by atoms with Crippen LogP contribution in [0.15, 0.2) is 48.5 Å². The smallest absolute Gasteiger partial charge is 0.228 e. The molecular formula is C20H18FN3O2. The molecular weight excluding hydrogens is 333 g/mol. The summed E-state index contributed by atoms with van der Waals surface area (Å²) in [6.45, 7) is 0.321. The summed E-state index contributed by atoms with van der Waals surface area (Å²) in [6, 6.07) is 15.2. The lowest BCUT2D eigenvalue weighted by Crippen LogP contribution is -2.29. The number of amides is 2. The minimum absolute atomic E-state index is 0.199. The Hall–Kier alpha value is -3.20. The average Bonchev–Trinajstić information content (AvgIpc) is 3.45. The number of nitriles is 1. The van der Waals surface area contributed by atoms with Gasteiger partial charge in [-0.3, -0.25) is 9.59 Å². The Morgan fingerprint density at radius 1 is 1.08 bits per heavy atom. The molecule has 0 aliphatic heterocycles. The molecule has 0 aromatic heterocycles. The van der Waals surface area contributed by atoms with Crippen molar-refractivity contribution in [2.24, 2.45) is 11.8 Å². The van der Waals surface area contributed by atoms with Crippen LogP contribution in [-0.2, 0) is 16.0 Å². The summed E-state index contributed by atoms with van der Waals surface area (Å²) in [5.74, 6) is -1.52. The number of benzene rings is 2. The molecule has 2 unspecified atom stereocenters. The molecule has 6 heteroatoms. The zero-order valence-electron chi connectivity index (χ0n) is 14.0. The standard InChI is InChI=1S/C20H18FN3O2/c21-17-7-3-1-5-13(17)9-10-23-19(25)15-11-16(15)20(26)24-18-8-4-2-6-14(18)12-22/h1-8,15-16H,9-11H2,(H,23,25)(H,24,26). The van der Waals surface area contributed by atoms with Gasteiger partial charge in [0.15, 0.2) is 0 Å². The second-order valence-corrected chi connectivity index (χ2v) is 6.23. The number of hydrogen-bond donors (Lipinski definition) is 2. The van der Waals surface area contributed by atoms with Gasteiger partial charge in [0.1, 0.15) is 11.9 Å². The zero-order valence-corrected chi connectivity index (χ0v) is 14.0. The molecule has 0 saturated heterocycles. The number of nitrogens with zero attached hydrogens (tertiary/aromatic N) is 1. The Morgan fingerprint density at radius 3 is 2.54 bits per heavy atom. The number of nitrogens with one attached hydrogen (secondary N) is 2. The first kappa shape index (κ1) is 17.6. The van der Waals surface area contributed by atoms with Crippen LogP contribution < -0.4 is 10.6 Å². The zero-order chi connectivity index (χ0) is 18.5. The van der Waals surface area contributed by atoms with Gasteiger partial charge in [-0.25, -0.2) is 4.39 Å². The molecule has 2 amide bonds. The van der Waals surface area contributed by atoms with Crippen LogP contribution >= 0.6 is 0 Å². The largest absolute Gasteiger partial charge is 0.356 e. The van der Waals surface area contributed by atoms with E-state index in [0.29, 0.717) is 36.2 Å². The van der Waals surface area contributed by atoms with E-state index < -0.39 is 5.92 Å². The van der Waals surface area contributed by atoms with Crippen LogP contribution in [0.4, 0.5) is 10.1 Å². The molecule has 2 atom stereocenters. The van der Waals surface area contributed by atoms with Gasteiger partial charge in [-0.05, 0) is 36.6 Å². The van der Waals surface area contributed by atoms with Crippen molar-refractivity contribution in [1.82, 2.24) is 5.32 Å². The summed E-state index contributed by atoms with van der Waals surface area (Å²) >= 11 is 0. The maximum absolute atomic E-state index is 13.5. The average molecular weight is 351 g/mol. The highest BCUT2D eigenvalue weighted by molar-refractivity contribution is 6.00. The molecule has 2 aromatic carbocycles. The number of carbonyl (C=O) groups excluding carboxylic acids is 2. The van der Waals surface area contributed by atoms with Gasteiger partial charge in [0.2, 0.25) is 11.8 Å². The maximum atomic E-state index is 13.5. The lowest BCUT2D eigenvalue weighted by molar-refractivity contribution is -0.125. The highest BCUT2D eigenvalue weighted by atomic mass is 19.1. The van der Waals surface area contributed by atoms with Crippen LogP contribution in [0.5, 0.6) is 0 Å². The summed E-state index contributed by atoms with van der Waals surface area (Å²) in [5.41, 5.74) is 1.38. The van der Waals surface area contributed by atoms with Crippen LogP contribution in [0.2, 0.25) is 0 Å². The Kier molecular flexibility index (Phi) is 5.28. The molecule has 0 spiro atoms. The van der Waals surface area contributed by atoms with Gasteiger partial charge in [0.25, 0.3) is 0 Å². The molecule has 1 aliphatic carbocycles. The molecule has 0 radical (unpaired) electrons. The number of rotatable bonds is 6. The number of para-hydroxylation sites is 1. The first-order chi connectivity index (χ1) is 12.6. The summed E-state index contributed by atoms with van der Waals surface area (Å²) in [6.07, 6.45) is 0.879. The van der Waals surface area contributed by atoms with Gasteiger partial charge in [-0.1, -0.05) is 30.3 Å². The Morgan fingerprint density at radius 2 is 1.77 bits per heavy atom. The normalized spacial score (nSPS) is 17.8. The van der Waals surface area contributed by atoms with Gasteiger partial charge in [-0.15, -0.1) is 0 Å².